The summed E-state index contributed by atoms with van der Waals surface area (Å²) in [6, 6.07) is 4.34. The molecule has 142 valence electrons. The van der Waals surface area contributed by atoms with Gasteiger partial charge in [0.05, 0.1) is 0 Å². The molecule has 1 N–H and O–H groups in total. The highest BCUT2D eigenvalue weighted by atomic mass is 16.3. The number of hydrogen-bond acceptors (Lipinski definition) is 3. The molecule has 0 aliphatic heterocycles. The average Bonchev–Trinajstić information content (AvgIpc) is 2.95. The molecule has 3 aliphatic carbocycles. The molecule has 0 aromatic heterocycles. The molecule has 0 heterocycles. The number of rotatable bonds is 4. The maximum Gasteiger partial charge on any atom is 0.139 e. The summed E-state index contributed by atoms with van der Waals surface area (Å²) in [6.07, 6.45) is 6.29. The van der Waals surface area contributed by atoms with Crippen LogP contribution in [0.25, 0.3) is 0 Å². The van der Waals surface area contributed by atoms with Gasteiger partial charge >= 0.3 is 0 Å². The Morgan fingerprint density at radius 2 is 1.92 bits per heavy atom. The molecule has 2 fully saturated rings. The first-order valence-electron chi connectivity index (χ1n) is 10.6. The molecule has 4 rings (SSSR count). The Kier molecular flexibility index (Phi) is 4.63. The molecule has 0 radical (unpaired) electrons. The highest BCUT2D eigenvalue weighted by Gasteiger charge is 2.54. The Labute approximate surface area is 157 Å². The van der Waals surface area contributed by atoms with Crippen LogP contribution in [-0.2, 0) is 17.8 Å². The molecule has 0 saturated heterocycles. The summed E-state index contributed by atoms with van der Waals surface area (Å²) >= 11 is 0. The molecular weight excluding hydrogens is 322 g/mol. The van der Waals surface area contributed by atoms with E-state index in [1.54, 1.807) is 0 Å². The minimum atomic E-state index is -0.0559. The van der Waals surface area contributed by atoms with E-state index in [0.717, 1.165) is 57.3 Å². The lowest BCUT2D eigenvalue weighted by Gasteiger charge is -2.48. The lowest BCUT2D eigenvalue weighted by atomic mass is 9.55. The van der Waals surface area contributed by atoms with Crippen molar-refractivity contribution in [2.24, 2.45) is 17.3 Å². The van der Waals surface area contributed by atoms with Crippen molar-refractivity contribution >= 4 is 5.78 Å². The van der Waals surface area contributed by atoms with Gasteiger partial charge in [-0.25, -0.2) is 0 Å². The van der Waals surface area contributed by atoms with Gasteiger partial charge in [-0.05, 0) is 80.1 Å². The monoisotopic (exact) mass is 355 g/mol. The molecule has 1 aromatic rings. The van der Waals surface area contributed by atoms with Crippen LogP contribution in [0.5, 0.6) is 5.75 Å². The van der Waals surface area contributed by atoms with Crippen LogP contribution in [0.3, 0.4) is 0 Å². The first-order valence-corrected chi connectivity index (χ1v) is 10.6. The number of fused-ring (bicyclic) bond motifs is 5. The van der Waals surface area contributed by atoms with Crippen LogP contribution in [0.15, 0.2) is 12.1 Å². The summed E-state index contributed by atoms with van der Waals surface area (Å²) in [4.78, 5) is 14.9. The van der Waals surface area contributed by atoms with Crippen molar-refractivity contribution in [3.8, 4) is 5.75 Å². The summed E-state index contributed by atoms with van der Waals surface area (Å²) in [5.41, 5.74) is 3.84. The predicted molar refractivity (Wildman–Crippen MR) is 104 cm³/mol. The average molecular weight is 356 g/mol. The Bertz CT molecular complexity index is 708. The Balaban J connectivity index is 1.66. The number of aryl methyl sites for hydroxylation is 1. The van der Waals surface area contributed by atoms with Gasteiger partial charge in [0.2, 0.25) is 0 Å². The summed E-state index contributed by atoms with van der Waals surface area (Å²) in [7, 11) is 0. The number of phenols is 1. The van der Waals surface area contributed by atoms with E-state index in [1.165, 1.54) is 17.5 Å². The van der Waals surface area contributed by atoms with E-state index in [9.17, 15) is 9.90 Å². The molecule has 0 spiro atoms. The van der Waals surface area contributed by atoms with Crippen molar-refractivity contribution in [3.63, 3.8) is 0 Å². The molecular formula is C23H33NO2. The highest BCUT2D eigenvalue weighted by Crippen LogP contribution is 2.59. The number of ketones is 1. The van der Waals surface area contributed by atoms with Gasteiger partial charge in [0.1, 0.15) is 11.5 Å². The van der Waals surface area contributed by atoms with E-state index < -0.39 is 0 Å². The molecule has 3 aliphatic rings. The molecule has 0 unspecified atom stereocenters. The first-order chi connectivity index (χ1) is 12.5. The Morgan fingerprint density at radius 3 is 2.65 bits per heavy atom. The van der Waals surface area contributed by atoms with E-state index in [4.69, 9.17) is 0 Å². The van der Waals surface area contributed by atoms with Crippen molar-refractivity contribution in [1.29, 1.82) is 0 Å². The maximum atomic E-state index is 12.5. The van der Waals surface area contributed by atoms with Crippen molar-refractivity contribution in [2.75, 3.05) is 13.1 Å². The molecule has 0 bridgehead atoms. The topological polar surface area (TPSA) is 40.5 Å². The zero-order valence-corrected chi connectivity index (χ0v) is 16.6. The number of aromatic hydroxyl groups is 1. The van der Waals surface area contributed by atoms with E-state index in [1.807, 2.05) is 6.07 Å². The van der Waals surface area contributed by atoms with E-state index in [2.05, 4.69) is 31.7 Å². The third-order valence-corrected chi connectivity index (χ3v) is 7.92. The fourth-order valence-electron chi connectivity index (χ4n) is 6.24. The van der Waals surface area contributed by atoms with Gasteiger partial charge in [-0.3, -0.25) is 9.69 Å². The van der Waals surface area contributed by atoms with Gasteiger partial charge < -0.3 is 5.11 Å². The van der Waals surface area contributed by atoms with Crippen LogP contribution in [0.1, 0.15) is 75.5 Å². The zero-order chi connectivity index (χ0) is 18.5. The van der Waals surface area contributed by atoms with Gasteiger partial charge in [0, 0.05) is 23.9 Å². The summed E-state index contributed by atoms with van der Waals surface area (Å²) < 4.78 is 0. The number of Topliss-reactive ketones (excluding diaryl/α,β-unsaturated/α-hetero) is 1. The van der Waals surface area contributed by atoms with E-state index >= 15 is 0 Å². The standard InChI is InChI=1S/C23H33NO2/c1-4-24(5-2)14-16-12-19-15(13-21(16)25)6-7-18-17(19)10-11-23(3)20(18)8-9-22(23)26/h12-13,17-18,20,25H,4-11,14H2,1-3H3/t17-,18-,20+,23+/m0/s1. The van der Waals surface area contributed by atoms with Crippen molar-refractivity contribution in [1.82, 2.24) is 4.90 Å². The molecule has 2 saturated carbocycles. The summed E-state index contributed by atoms with van der Waals surface area (Å²) in [6.45, 7) is 9.41. The minimum absolute atomic E-state index is 0.0559. The largest absolute Gasteiger partial charge is 0.508 e. The number of phenolic OH excluding ortho intramolecular Hbond substituents is 1. The van der Waals surface area contributed by atoms with Gasteiger partial charge in [0.15, 0.2) is 0 Å². The van der Waals surface area contributed by atoms with Crippen LogP contribution in [0.4, 0.5) is 0 Å². The first kappa shape index (κ1) is 18.0. The van der Waals surface area contributed by atoms with E-state index in [0.29, 0.717) is 29.3 Å². The molecule has 3 heteroatoms. The Hall–Kier alpha value is -1.35. The zero-order valence-electron chi connectivity index (χ0n) is 16.6. The fourth-order valence-corrected chi connectivity index (χ4v) is 6.24. The third-order valence-electron chi connectivity index (χ3n) is 7.92. The van der Waals surface area contributed by atoms with Crippen molar-refractivity contribution in [2.45, 2.75) is 71.8 Å². The fraction of sp³-hybridized carbons (Fsp3) is 0.696. The summed E-state index contributed by atoms with van der Waals surface area (Å²) in [5, 5.41) is 10.6. The lowest BCUT2D eigenvalue weighted by molar-refractivity contribution is -0.129. The molecule has 1 aromatic carbocycles. The summed E-state index contributed by atoms with van der Waals surface area (Å²) in [5.74, 6) is 2.78. The number of nitrogens with zero attached hydrogens (tertiary/aromatic N) is 1. The molecule has 0 amide bonds. The number of carbonyl (C=O) groups is 1. The van der Waals surface area contributed by atoms with Crippen LogP contribution in [-0.4, -0.2) is 28.9 Å². The second kappa shape index (κ2) is 6.67. The molecule has 4 atom stereocenters. The number of hydrogen-bond donors (Lipinski definition) is 1. The van der Waals surface area contributed by atoms with Gasteiger partial charge in [-0.1, -0.05) is 26.8 Å². The number of carbonyl (C=O) groups excluding carboxylic acids is 1. The van der Waals surface area contributed by atoms with Gasteiger partial charge in [-0.2, -0.15) is 0 Å². The minimum Gasteiger partial charge on any atom is -0.508 e. The van der Waals surface area contributed by atoms with E-state index in [-0.39, 0.29) is 5.41 Å². The van der Waals surface area contributed by atoms with Crippen molar-refractivity contribution < 1.29 is 9.90 Å². The second-order valence-corrected chi connectivity index (χ2v) is 8.97. The van der Waals surface area contributed by atoms with Crippen LogP contribution in [0, 0.1) is 17.3 Å². The van der Waals surface area contributed by atoms with Crippen LogP contribution >= 0.6 is 0 Å². The quantitative estimate of drug-likeness (QED) is 0.854. The normalized spacial score (nSPS) is 33.1. The lowest BCUT2D eigenvalue weighted by Crippen LogP contribution is -2.42. The second-order valence-electron chi connectivity index (χ2n) is 8.97. The maximum absolute atomic E-state index is 12.5. The van der Waals surface area contributed by atoms with Crippen LogP contribution < -0.4 is 0 Å². The van der Waals surface area contributed by atoms with Gasteiger partial charge in [-0.15, -0.1) is 0 Å². The molecule has 26 heavy (non-hydrogen) atoms. The molecule has 3 nitrogen and oxygen atoms in total. The SMILES string of the molecule is CCN(CC)Cc1cc2c(cc1O)CC[C@H]1[C@@H]2CC[C@@]2(C)C(=O)CC[C@H]12. The number of benzene rings is 1. The smallest absolute Gasteiger partial charge is 0.139 e. The van der Waals surface area contributed by atoms with Gasteiger partial charge in [0.25, 0.3) is 0 Å². The van der Waals surface area contributed by atoms with Crippen LogP contribution in [0.2, 0.25) is 0 Å². The highest BCUT2D eigenvalue weighted by molar-refractivity contribution is 5.87. The third kappa shape index (κ3) is 2.70. The van der Waals surface area contributed by atoms with Crippen molar-refractivity contribution in [3.05, 3.63) is 28.8 Å². The predicted octanol–water partition coefficient (Wildman–Crippen LogP) is 4.66. The Morgan fingerprint density at radius 1 is 1.15 bits per heavy atom.